The van der Waals surface area contributed by atoms with E-state index >= 15 is 0 Å². The molecule has 4 nitrogen and oxygen atoms in total. The summed E-state index contributed by atoms with van der Waals surface area (Å²) in [5, 5.41) is 2.78. The van der Waals surface area contributed by atoms with Crippen molar-refractivity contribution in [1.82, 2.24) is 5.32 Å². The molecule has 1 N–H and O–H groups in total. The van der Waals surface area contributed by atoms with Gasteiger partial charge in [0.15, 0.2) is 0 Å². The molecule has 0 aliphatic carbocycles. The van der Waals surface area contributed by atoms with E-state index in [4.69, 9.17) is 4.74 Å². The molecule has 4 heteroatoms. The Kier molecular flexibility index (Phi) is 7.37. The molecule has 0 saturated carbocycles. The summed E-state index contributed by atoms with van der Waals surface area (Å²) in [6, 6.07) is 8.83. The van der Waals surface area contributed by atoms with Crippen LogP contribution < -0.4 is 5.32 Å². The maximum Gasteiger partial charge on any atom is 0.329 e. The summed E-state index contributed by atoms with van der Waals surface area (Å²) in [4.78, 5) is 24.3. The first-order valence-corrected chi connectivity index (χ1v) is 7.57. The van der Waals surface area contributed by atoms with Crippen LogP contribution in [0.4, 0.5) is 0 Å². The Morgan fingerprint density at radius 2 is 1.86 bits per heavy atom. The third-order valence-corrected chi connectivity index (χ3v) is 3.41. The van der Waals surface area contributed by atoms with E-state index in [2.05, 4.69) is 11.9 Å². The maximum absolute atomic E-state index is 12.2. The molecular formula is C18H25NO3. The zero-order chi connectivity index (χ0) is 16.5. The second kappa shape index (κ2) is 9.03. The van der Waals surface area contributed by atoms with Gasteiger partial charge in [-0.25, -0.2) is 4.79 Å². The van der Waals surface area contributed by atoms with Crippen LogP contribution in [0.1, 0.15) is 32.8 Å². The Hall–Kier alpha value is -2.10. The third-order valence-electron chi connectivity index (χ3n) is 3.41. The lowest BCUT2D eigenvalue weighted by Gasteiger charge is -2.22. The van der Waals surface area contributed by atoms with Gasteiger partial charge in [-0.05, 0) is 17.9 Å². The van der Waals surface area contributed by atoms with Gasteiger partial charge in [-0.2, -0.15) is 0 Å². The van der Waals surface area contributed by atoms with Crippen LogP contribution in [0.5, 0.6) is 0 Å². The van der Waals surface area contributed by atoms with Crippen molar-refractivity contribution in [3.05, 3.63) is 48.6 Å². The van der Waals surface area contributed by atoms with Crippen molar-refractivity contribution >= 4 is 11.9 Å². The van der Waals surface area contributed by atoms with Crippen molar-refractivity contribution < 1.29 is 14.3 Å². The number of hydrogen-bond acceptors (Lipinski definition) is 3. The minimum atomic E-state index is -0.636. The van der Waals surface area contributed by atoms with Gasteiger partial charge in [-0.1, -0.05) is 57.2 Å². The number of allylic oxidation sites excluding steroid dienone is 1. The topological polar surface area (TPSA) is 55.4 Å². The van der Waals surface area contributed by atoms with Gasteiger partial charge in [0.05, 0.1) is 0 Å². The molecule has 0 radical (unpaired) electrons. The van der Waals surface area contributed by atoms with E-state index in [0.29, 0.717) is 6.42 Å². The molecular weight excluding hydrogens is 278 g/mol. The number of benzene rings is 1. The molecule has 0 saturated heterocycles. The van der Waals surface area contributed by atoms with E-state index < -0.39 is 12.0 Å². The van der Waals surface area contributed by atoms with Gasteiger partial charge < -0.3 is 10.1 Å². The monoisotopic (exact) mass is 303 g/mol. The lowest BCUT2D eigenvalue weighted by Crippen LogP contribution is -2.47. The molecule has 0 bridgehead atoms. The fourth-order valence-electron chi connectivity index (χ4n) is 1.97. The molecule has 0 aliphatic heterocycles. The smallest absolute Gasteiger partial charge is 0.329 e. The molecule has 1 amide bonds. The molecule has 2 atom stereocenters. The second-order valence-electron chi connectivity index (χ2n) is 5.75. The highest BCUT2D eigenvalue weighted by atomic mass is 16.5. The van der Waals surface area contributed by atoms with E-state index in [-0.39, 0.29) is 24.3 Å². The van der Waals surface area contributed by atoms with Gasteiger partial charge in [0.25, 0.3) is 0 Å². The van der Waals surface area contributed by atoms with Crippen LogP contribution in [0.15, 0.2) is 43.0 Å². The van der Waals surface area contributed by atoms with E-state index in [1.165, 1.54) is 0 Å². The van der Waals surface area contributed by atoms with Crippen molar-refractivity contribution in [2.45, 2.75) is 39.8 Å². The first-order chi connectivity index (χ1) is 10.5. The average molecular weight is 303 g/mol. The molecule has 1 rings (SSSR count). The van der Waals surface area contributed by atoms with Crippen LogP contribution in [0.2, 0.25) is 0 Å². The van der Waals surface area contributed by atoms with E-state index in [1.807, 2.05) is 51.1 Å². The van der Waals surface area contributed by atoms with Crippen LogP contribution >= 0.6 is 0 Å². The summed E-state index contributed by atoms with van der Waals surface area (Å²) in [6.45, 7) is 9.41. The molecule has 0 heterocycles. The van der Waals surface area contributed by atoms with Crippen LogP contribution in [0.3, 0.4) is 0 Å². The molecule has 0 aliphatic rings. The van der Waals surface area contributed by atoms with E-state index in [9.17, 15) is 9.59 Å². The lowest BCUT2D eigenvalue weighted by atomic mass is 10.0. The zero-order valence-electron chi connectivity index (χ0n) is 13.5. The summed E-state index contributed by atoms with van der Waals surface area (Å²) >= 11 is 0. The third kappa shape index (κ3) is 5.72. The predicted octanol–water partition coefficient (Wildman–Crippen LogP) is 3.08. The zero-order valence-corrected chi connectivity index (χ0v) is 13.5. The largest absolute Gasteiger partial charge is 0.459 e. The molecule has 0 fully saturated rings. The van der Waals surface area contributed by atoms with Crippen LogP contribution in [0, 0.1) is 11.8 Å². The van der Waals surface area contributed by atoms with Gasteiger partial charge in [0.2, 0.25) is 5.91 Å². The normalized spacial score (nSPS) is 13.3. The Labute approximate surface area is 132 Å². The molecule has 22 heavy (non-hydrogen) atoms. The van der Waals surface area contributed by atoms with Crippen LogP contribution in [0.25, 0.3) is 0 Å². The standard InChI is InChI=1S/C18H25NO3/c1-5-9-14(4)17(20)19-16(13(2)3)18(21)22-12-15-10-7-6-8-11-15/h5-8,10-11,13-14,16H,1,9,12H2,2-4H3,(H,19,20). The Bertz CT molecular complexity index is 496. The fraction of sp³-hybridized carbons (Fsp3) is 0.444. The number of nitrogens with one attached hydrogen (secondary N) is 1. The Morgan fingerprint density at radius 3 is 2.41 bits per heavy atom. The van der Waals surface area contributed by atoms with Gasteiger partial charge in [-0.3, -0.25) is 4.79 Å². The highest BCUT2D eigenvalue weighted by Crippen LogP contribution is 2.10. The van der Waals surface area contributed by atoms with Crippen LogP contribution in [-0.2, 0) is 20.9 Å². The van der Waals surface area contributed by atoms with Crippen LogP contribution in [-0.4, -0.2) is 17.9 Å². The first kappa shape index (κ1) is 18.0. The minimum absolute atomic E-state index is 0.0387. The van der Waals surface area contributed by atoms with Crippen molar-refractivity contribution in [1.29, 1.82) is 0 Å². The van der Waals surface area contributed by atoms with Gasteiger partial charge in [-0.15, -0.1) is 6.58 Å². The maximum atomic E-state index is 12.2. The number of rotatable bonds is 8. The molecule has 0 spiro atoms. The molecule has 1 aromatic carbocycles. The molecule has 0 aromatic heterocycles. The fourth-order valence-corrected chi connectivity index (χ4v) is 1.97. The highest BCUT2D eigenvalue weighted by Gasteiger charge is 2.27. The SMILES string of the molecule is C=CCC(C)C(=O)NC(C(=O)OCc1ccccc1)C(C)C. The summed E-state index contributed by atoms with van der Waals surface area (Å²) < 4.78 is 5.32. The van der Waals surface area contributed by atoms with Crippen molar-refractivity contribution in [2.75, 3.05) is 0 Å². The quantitative estimate of drug-likeness (QED) is 0.593. The first-order valence-electron chi connectivity index (χ1n) is 7.57. The number of ether oxygens (including phenoxy) is 1. The number of carbonyl (C=O) groups excluding carboxylic acids is 2. The van der Waals surface area contributed by atoms with Crippen molar-refractivity contribution in [3.63, 3.8) is 0 Å². The number of carbonyl (C=O) groups is 2. The summed E-state index contributed by atoms with van der Waals surface area (Å²) in [7, 11) is 0. The minimum Gasteiger partial charge on any atom is -0.459 e. The number of amides is 1. The van der Waals surface area contributed by atoms with Crippen molar-refractivity contribution in [2.24, 2.45) is 11.8 Å². The molecule has 120 valence electrons. The molecule has 2 unspecified atom stereocenters. The van der Waals surface area contributed by atoms with Gasteiger partial charge in [0, 0.05) is 5.92 Å². The average Bonchev–Trinajstić information content (AvgIpc) is 2.51. The summed E-state index contributed by atoms with van der Waals surface area (Å²) in [6.07, 6.45) is 2.28. The summed E-state index contributed by atoms with van der Waals surface area (Å²) in [5.41, 5.74) is 0.921. The second-order valence-corrected chi connectivity index (χ2v) is 5.75. The Morgan fingerprint density at radius 1 is 1.23 bits per heavy atom. The van der Waals surface area contributed by atoms with Gasteiger partial charge in [0.1, 0.15) is 12.6 Å². The summed E-state index contributed by atoms with van der Waals surface area (Å²) in [5.74, 6) is -0.808. The lowest BCUT2D eigenvalue weighted by molar-refractivity contribution is -0.150. The predicted molar refractivity (Wildman–Crippen MR) is 87.0 cm³/mol. The Balaban J connectivity index is 2.60. The number of esters is 1. The highest BCUT2D eigenvalue weighted by molar-refractivity contribution is 5.85. The number of hydrogen-bond donors (Lipinski definition) is 1. The van der Waals surface area contributed by atoms with Gasteiger partial charge >= 0.3 is 5.97 Å². The van der Waals surface area contributed by atoms with Crippen molar-refractivity contribution in [3.8, 4) is 0 Å². The molecule has 1 aromatic rings. The van der Waals surface area contributed by atoms with E-state index in [1.54, 1.807) is 6.08 Å². The van der Waals surface area contributed by atoms with E-state index in [0.717, 1.165) is 5.56 Å².